The van der Waals surface area contributed by atoms with Gasteiger partial charge in [-0.25, -0.2) is 4.98 Å². The first-order chi connectivity index (χ1) is 15.4. The highest BCUT2D eigenvalue weighted by Gasteiger charge is 2.23. The van der Waals surface area contributed by atoms with Crippen molar-refractivity contribution in [3.63, 3.8) is 0 Å². The Kier molecular flexibility index (Phi) is 5.42. The van der Waals surface area contributed by atoms with Gasteiger partial charge in [-0.05, 0) is 61.1 Å². The maximum Gasteiger partial charge on any atom is 0.260 e. The second-order valence-corrected chi connectivity index (χ2v) is 9.87. The summed E-state index contributed by atoms with van der Waals surface area (Å²) in [7, 11) is 0. The van der Waals surface area contributed by atoms with E-state index in [0.29, 0.717) is 43.3 Å². The smallest absolute Gasteiger partial charge is 0.260 e. The van der Waals surface area contributed by atoms with Crippen LogP contribution in [-0.2, 0) is 12.8 Å². The van der Waals surface area contributed by atoms with Gasteiger partial charge in [0.1, 0.15) is 22.4 Å². The van der Waals surface area contributed by atoms with E-state index < -0.39 is 0 Å². The van der Waals surface area contributed by atoms with Crippen molar-refractivity contribution in [3.05, 3.63) is 72.8 Å². The second-order valence-electron chi connectivity index (χ2n) is 7.94. The van der Waals surface area contributed by atoms with Crippen molar-refractivity contribution in [1.29, 1.82) is 5.26 Å². The standard InChI is InChI=1S/C24H17Cl2N3O2S/c1-12-2-5-16-20(8-12)32-24-21(16)23(30)28-22(29-24)13(11-27)9-15-4-7-19(31-15)17-10-14(25)3-6-18(17)26/h3-4,6-7,9-10,12H,2,5,8H2,1H3,(H,28,29,30)/b13-9+. The number of thiophene rings is 1. The molecule has 3 aromatic heterocycles. The Hall–Kier alpha value is -2.85. The molecule has 5 nitrogen and oxygen atoms in total. The van der Waals surface area contributed by atoms with Crippen LogP contribution in [0.15, 0.2) is 39.5 Å². The molecular formula is C24H17Cl2N3O2S. The number of H-pyrrole nitrogens is 1. The van der Waals surface area contributed by atoms with E-state index in [4.69, 9.17) is 27.6 Å². The molecule has 4 aromatic rings. The summed E-state index contributed by atoms with van der Waals surface area (Å²) in [6.07, 6.45) is 4.48. The third-order valence-corrected chi connectivity index (χ3v) is 7.36. The van der Waals surface area contributed by atoms with Gasteiger partial charge in [0.15, 0.2) is 5.82 Å². The lowest BCUT2D eigenvalue weighted by atomic mass is 9.89. The Labute approximate surface area is 197 Å². The molecule has 0 radical (unpaired) electrons. The number of aromatic amines is 1. The molecular weight excluding hydrogens is 465 g/mol. The Morgan fingerprint density at radius 3 is 3.00 bits per heavy atom. The first-order valence-corrected chi connectivity index (χ1v) is 11.7. The first-order valence-electron chi connectivity index (χ1n) is 10.1. The number of aryl methyl sites for hydroxylation is 1. The summed E-state index contributed by atoms with van der Waals surface area (Å²) in [4.78, 5) is 22.2. The van der Waals surface area contributed by atoms with Crippen molar-refractivity contribution in [1.82, 2.24) is 9.97 Å². The molecule has 32 heavy (non-hydrogen) atoms. The molecule has 1 aromatic carbocycles. The van der Waals surface area contributed by atoms with Crippen molar-refractivity contribution in [2.45, 2.75) is 26.2 Å². The fraction of sp³-hybridized carbons (Fsp3) is 0.208. The van der Waals surface area contributed by atoms with E-state index in [0.717, 1.165) is 24.8 Å². The van der Waals surface area contributed by atoms with Gasteiger partial charge < -0.3 is 9.40 Å². The Morgan fingerprint density at radius 2 is 2.19 bits per heavy atom. The fourth-order valence-corrected chi connectivity index (χ4v) is 5.80. The maximum absolute atomic E-state index is 12.9. The second kappa shape index (κ2) is 8.25. The van der Waals surface area contributed by atoms with Crippen LogP contribution in [0.2, 0.25) is 10.0 Å². The van der Waals surface area contributed by atoms with Crippen LogP contribution < -0.4 is 5.56 Å². The monoisotopic (exact) mass is 481 g/mol. The lowest BCUT2D eigenvalue weighted by molar-refractivity contribution is 0.509. The Bertz CT molecular complexity index is 1490. The molecule has 0 aliphatic heterocycles. The van der Waals surface area contributed by atoms with E-state index in [1.165, 1.54) is 4.88 Å². The highest BCUT2D eigenvalue weighted by atomic mass is 35.5. The van der Waals surface area contributed by atoms with Crippen molar-refractivity contribution < 1.29 is 4.42 Å². The van der Waals surface area contributed by atoms with Crippen molar-refractivity contribution in [3.8, 4) is 17.4 Å². The molecule has 0 spiro atoms. The normalized spacial score (nSPS) is 16.2. The summed E-state index contributed by atoms with van der Waals surface area (Å²) in [5, 5.41) is 11.5. The Morgan fingerprint density at radius 1 is 1.34 bits per heavy atom. The zero-order valence-corrected chi connectivity index (χ0v) is 19.4. The van der Waals surface area contributed by atoms with Gasteiger partial charge in [-0.2, -0.15) is 5.26 Å². The third-order valence-electron chi connectivity index (χ3n) is 5.65. The summed E-state index contributed by atoms with van der Waals surface area (Å²) in [5.74, 6) is 1.80. The molecule has 1 N–H and O–H groups in total. The molecule has 8 heteroatoms. The lowest BCUT2D eigenvalue weighted by Crippen LogP contribution is -2.14. The SMILES string of the molecule is CC1CCc2c(sc3nc(/C(C#N)=C/c4ccc(-c5cc(Cl)ccc5Cl)o4)[nH]c(=O)c23)C1. The van der Waals surface area contributed by atoms with Crippen molar-refractivity contribution in [2.24, 2.45) is 5.92 Å². The number of furan rings is 1. The number of halogens is 2. The number of benzene rings is 1. The number of hydrogen-bond donors (Lipinski definition) is 1. The number of fused-ring (bicyclic) bond motifs is 3. The van der Waals surface area contributed by atoms with Crippen molar-refractivity contribution in [2.75, 3.05) is 0 Å². The van der Waals surface area contributed by atoms with Gasteiger partial charge in [0, 0.05) is 21.5 Å². The van der Waals surface area contributed by atoms with Crippen LogP contribution in [-0.4, -0.2) is 9.97 Å². The number of hydrogen-bond acceptors (Lipinski definition) is 5. The number of aromatic nitrogens is 2. The predicted octanol–water partition coefficient (Wildman–Crippen LogP) is 6.74. The average molecular weight is 482 g/mol. The molecule has 1 atom stereocenters. The number of nitrogens with one attached hydrogen (secondary N) is 1. The first kappa shape index (κ1) is 21.0. The van der Waals surface area contributed by atoms with E-state index in [2.05, 4.69) is 23.0 Å². The van der Waals surface area contributed by atoms with Crippen molar-refractivity contribution >= 4 is 56.4 Å². The minimum Gasteiger partial charge on any atom is -0.457 e. The number of nitriles is 1. The van der Waals surface area contributed by atoms with Gasteiger partial charge in [-0.1, -0.05) is 30.1 Å². The molecule has 0 saturated heterocycles. The number of allylic oxidation sites excluding steroid dienone is 1. The molecule has 1 unspecified atom stereocenters. The number of rotatable bonds is 3. The topological polar surface area (TPSA) is 82.7 Å². The zero-order chi connectivity index (χ0) is 22.4. The van der Waals surface area contributed by atoms with Gasteiger partial charge in [0.05, 0.1) is 16.0 Å². The minimum atomic E-state index is -0.205. The van der Waals surface area contributed by atoms with Crippen LogP contribution in [0, 0.1) is 17.2 Å². The average Bonchev–Trinajstić information content (AvgIpc) is 3.37. The highest BCUT2D eigenvalue weighted by molar-refractivity contribution is 7.18. The fourth-order valence-electron chi connectivity index (χ4n) is 4.03. The van der Waals surface area contributed by atoms with Gasteiger partial charge >= 0.3 is 0 Å². The van der Waals surface area contributed by atoms with Crippen LogP contribution in [0.3, 0.4) is 0 Å². The molecule has 1 aliphatic carbocycles. The van der Waals surface area contributed by atoms with Crippen LogP contribution in [0.4, 0.5) is 0 Å². The summed E-state index contributed by atoms with van der Waals surface area (Å²) in [5.41, 5.74) is 1.77. The summed E-state index contributed by atoms with van der Waals surface area (Å²) >= 11 is 13.9. The predicted molar refractivity (Wildman–Crippen MR) is 129 cm³/mol. The molecule has 0 fully saturated rings. The molecule has 160 valence electrons. The van der Waals surface area contributed by atoms with Crippen LogP contribution >= 0.6 is 34.5 Å². The van der Waals surface area contributed by atoms with E-state index >= 15 is 0 Å². The molecule has 3 heterocycles. The maximum atomic E-state index is 12.9. The lowest BCUT2D eigenvalue weighted by Gasteiger charge is -2.17. The molecule has 0 saturated carbocycles. The molecule has 0 bridgehead atoms. The van der Waals surface area contributed by atoms with Gasteiger partial charge in [0.25, 0.3) is 5.56 Å². The highest BCUT2D eigenvalue weighted by Crippen LogP contribution is 2.36. The summed E-state index contributed by atoms with van der Waals surface area (Å²) in [6.45, 7) is 2.22. The largest absolute Gasteiger partial charge is 0.457 e. The quantitative estimate of drug-likeness (QED) is 0.328. The number of nitrogens with zero attached hydrogens (tertiary/aromatic N) is 2. The van der Waals surface area contributed by atoms with E-state index in [9.17, 15) is 10.1 Å². The summed E-state index contributed by atoms with van der Waals surface area (Å²) < 4.78 is 5.87. The van der Waals surface area contributed by atoms with E-state index in [1.54, 1.807) is 47.7 Å². The van der Waals surface area contributed by atoms with E-state index in [1.807, 2.05) is 0 Å². The van der Waals surface area contributed by atoms with Gasteiger partial charge in [-0.15, -0.1) is 11.3 Å². The van der Waals surface area contributed by atoms with E-state index in [-0.39, 0.29) is 17.0 Å². The van der Waals surface area contributed by atoms with Gasteiger partial charge in [0.2, 0.25) is 0 Å². The van der Waals surface area contributed by atoms with Crippen LogP contribution in [0.25, 0.3) is 33.2 Å². The van der Waals surface area contributed by atoms with Gasteiger partial charge in [-0.3, -0.25) is 4.79 Å². The molecule has 5 rings (SSSR count). The Balaban J connectivity index is 1.54. The summed E-state index contributed by atoms with van der Waals surface area (Å²) in [6, 6.07) is 10.7. The van der Waals surface area contributed by atoms with Crippen LogP contribution in [0.1, 0.15) is 35.4 Å². The third kappa shape index (κ3) is 3.77. The van der Waals surface area contributed by atoms with Crippen LogP contribution in [0.5, 0.6) is 0 Å². The minimum absolute atomic E-state index is 0.205. The zero-order valence-electron chi connectivity index (χ0n) is 17.0. The molecule has 0 amide bonds. The molecule has 1 aliphatic rings.